The van der Waals surface area contributed by atoms with Crippen LogP contribution >= 0.6 is 11.6 Å². The summed E-state index contributed by atoms with van der Waals surface area (Å²) in [5.41, 5.74) is 2.51. The summed E-state index contributed by atoms with van der Waals surface area (Å²) < 4.78 is 10.6. The average molecular weight is 351 g/mol. The first-order valence-electron chi connectivity index (χ1n) is 8.03. The largest absolute Gasteiger partial charge is 0.491 e. The molecule has 1 aromatic heterocycles. The van der Waals surface area contributed by atoms with E-state index >= 15 is 0 Å². The minimum Gasteiger partial charge on any atom is -0.491 e. The number of hydrogen-bond donors (Lipinski definition) is 1. The maximum Gasteiger partial charge on any atom is 0.229 e. The van der Waals surface area contributed by atoms with E-state index in [2.05, 4.69) is 10.5 Å². The Morgan fingerprint density at radius 2 is 2.12 bits per heavy atom. The molecule has 1 N–H and O–H groups in total. The van der Waals surface area contributed by atoms with Crippen LogP contribution in [0, 0.1) is 6.92 Å². The zero-order chi connectivity index (χ0) is 17.7. The van der Waals surface area contributed by atoms with Crippen molar-refractivity contribution in [3.05, 3.63) is 46.3 Å². The Morgan fingerprint density at radius 3 is 2.75 bits per heavy atom. The maximum absolute atomic E-state index is 12.2. The van der Waals surface area contributed by atoms with Crippen molar-refractivity contribution in [2.45, 2.75) is 52.7 Å². The monoisotopic (exact) mass is 350 g/mol. The van der Waals surface area contributed by atoms with Gasteiger partial charge in [0, 0.05) is 12.0 Å². The minimum absolute atomic E-state index is 0.0469. The second-order valence-electron chi connectivity index (χ2n) is 6.05. The molecule has 0 aliphatic rings. The number of nitrogens with zero attached hydrogens (tertiary/aromatic N) is 1. The van der Waals surface area contributed by atoms with Crippen LogP contribution in [0.15, 0.2) is 28.8 Å². The molecule has 5 nitrogen and oxygen atoms in total. The highest BCUT2D eigenvalue weighted by Crippen LogP contribution is 2.22. The van der Waals surface area contributed by atoms with Crippen molar-refractivity contribution in [3.63, 3.8) is 0 Å². The van der Waals surface area contributed by atoms with Crippen LogP contribution in [0.1, 0.15) is 50.1 Å². The predicted octanol–water partition coefficient (Wildman–Crippen LogP) is 4.23. The summed E-state index contributed by atoms with van der Waals surface area (Å²) in [5, 5.41) is 7.03. The number of hydrogen-bond acceptors (Lipinski definition) is 4. The molecule has 0 aliphatic carbocycles. The van der Waals surface area contributed by atoms with Gasteiger partial charge in [-0.3, -0.25) is 4.79 Å². The smallest absolute Gasteiger partial charge is 0.229 e. The molecule has 1 unspecified atom stereocenters. The molecular weight excluding hydrogens is 328 g/mol. The van der Waals surface area contributed by atoms with Crippen LogP contribution in [0.5, 0.6) is 5.75 Å². The Balaban J connectivity index is 1.91. The number of halogens is 1. The van der Waals surface area contributed by atoms with Gasteiger partial charge in [0.2, 0.25) is 11.1 Å². The number of ether oxygens (including phenoxy) is 1. The zero-order valence-electron chi connectivity index (χ0n) is 14.4. The van der Waals surface area contributed by atoms with E-state index in [4.69, 9.17) is 20.9 Å². The number of aromatic nitrogens is 1. The number of benzene rings is 1. The molecule has 2 aromatic rings. The third-order valence-corrected chi connectivity index (χ3v) is 3.94. The van der Waals surface area contributed by atoms with Crippen molar-refractivity contribution in [1.29, 1.82) is 0 Å². The quantitative estimate of drug-likeness (QED) is 0.811. The van der Waals surface area contributed by atoms with Crippen LogP contribution in [-0.2, 0) is 11.2 Å². The predicted molar refractivity (Wildman–Crippen MR) is 93.3 cm³/mol. The van der Waals surface area contributed by atoms with E-state index in [0.29, 0.717) is 12.8 Å². The summed E-state index contributed by atoms with van der Waals surface area (Å²) in [6.45, 7) is 7.72. The van der Waals surface area contributed by atoms with Gasteiger partial charge in [0.05, 0.1) is 17.8 Å². The van der Waals surface area contributed by atoms with E-state index < -0.39 is 0 Å². The lowest BCUT2D eigenvalue weighted by atomic mass is 10.1. The Kier molecular flexibility index (Phi) is 6.26. The molecule has 0 saturated carbocycles. The summed E-state index contributed by atoms with van der Waals surface area (Å²) in [6, 6.07) is 7.66. The number of aryl methyl sites for hydroxylation is 1. The van der Waals surface area contributed by atoms with Crippen LogP contribution in [-0.4, -0.2) is 17.2 Å². The van der Waals surface area contributed by atoms with Crippen LogP contribution in [0.25, 0.3) is 0 Å². The van der Waals surface area contributed by atoms with Crippen molar-refractivity contribution in [2.75, 3.05) is 0 Å². The number of rotatable bonds is 7. The molecule has 0 spiro atoms. The lowest BCUT2D eigenvalue weighted by Gasteiger charge is -2.16. The lowest BCUT2D eigenvalue weighted by molar-refractivity contribution is -0.121. The van der Waals surface area contributed by atoms with Gasteiger partial charge in [0.15, 0.2) is 0 Å². The molecule has 0 bridgehead atoms. The molecule has 0 saturated heterocycles. The van der Waals surface area contributed by atoms with Crippen LogP contribution in [0.3, 0.4) is 0 Å². The van der Waals surface area contributed by atoms with Gasteiger partial charge in [-0.15, -0.1) is 0 Å². The number of carbonyl (C=O) groups excluding carboxylic acids is 1. The molecule has 24 heavy (non-hydrogen) atoms. The third-order valence-electron chi connectivity index (χ3n) is 3.65. The molecule has 0 fully saturated rings. The van der Waals surface area contributed by atoms with Crippen LogP contribution in [0.4, 0.5) is 0 Å². The van der Waals surface area contributed by atoms with Gasteiger partial charge < -0.3 is 14.6 Å². The fraction of sp³-hybridized carbons (Fsp3) is 0.444. The first kappa shape index (κ1) is 18.3. The minimum atomic E-state index is -0.104. The fourth-order valence-electron chi connectivity index (χ4n) is 2.41. The summed E-state index contributed by atoms with van der Waals surface area (Å²) in [5.74, 6) is 0.754. The van der Waals surface area contributed by atoms with Gasteiger partial charge in [0.1, 0.15) is 5.75 Å². The summed E-state index contributed by atoms with van der Waals surface area (Å²) >= 11 is 5.91. The van der Waals surface area contributed by atoms with Crippen molar-refractivity contribution < 1.29 is 14.1 Å². The van der Waals surface area contributed by atoms with Crippen LogP contribution in [0.2, 0.25) is 5.22 Å². The van der Waals surface area contributed by atoms with Gasteiger partial charge in [-0.05, 0) is 63.4 Å². The van der Waals surface area contributed by atoms with E-state index in [9.17, 15) is 4.79 Å². The van der Waals surface area contributed by atoms with Gasteiger partial charge >= 0.3 is 0 Å². The molecule has 2 rings (SSSR count). The average Bonchev–Trinajstić information content (AvgIpc) is 2.83. The first-order valence-corrected chi connectivity index (χ1v) is 8.41. The molecule has 1 aromatic carbocycles. The van der Waals surface area contributed by atoms with E-state index in [-0.39, 0.29) is 23.3 Å². The van der Waals surface area contributed by atoms with Gasteiger partial charge in [-0.25, -0.2) is 0 Å². The van der Waals surface area contributed by atoms with Gasteiger partial charge in [0.25, 0.3) is 0 Å². The van der Waals surface area contributed by atoms with E-state index in [1.165, 1.54) is 0 Å². The Morgan fingerprint density at radius 1 is 1.38 bits per heavy atom. The van der Waals surface area contributed by atoms with Crippen LogP contribution < -0.4 is 10.1 Å². The molecule has 1 heterocycles. The molecule has 0 aliphatic heterocycles. The van der Waals surface area contributed by atoms with Gasteiger partial charge in [-0.1, -0.05) is 17.3 Å². The Bertz CT molecular complexity index is 678. The van der Waals surface area contributed by atoms with E-state index in [1.807, 2.05) is 52.0 Å². The SMILES string of the molecule is Cc1noc(Cl)c1CCC(=O)NC(C)c1cccc(OC(C)C)c1. The van der Waals surface area contributed by atoms with E-state index in [0.717, 1.165) is 22.6 Å². The fourth-order valence-corrected chi connectivity index (χ4v) is 2.67. The normalized spacial score (nSPS) is 12.2. The first-order chi connectivity index (χ1) is 11.4. The highest BCUT2D eigenvalue weighted by atomic mass is 35.5. The highest BCUT2D eigenvalue weighted by molar-refractivity contribution is 6.29. The van der Waals surface area contributed by atoms with Crippen molar-refractivity contribution in [1.82, 2.24) is 10.5 Å². The molecule has 6 heteroatoms. The van der Waals surface area contributed by atoms with E-state index in [1.54, 1.807) is 0 Å². The summed E-state index contributed by atoms with van der Waals surface area (Å²) in [4.78, 5) is 12.2. The lowest BCUT2D eigenvalue weighted by Crippen LogP contribution is -2.26. The third kappa shape index (κ3) is 4.99. The molecule has 0 radical (unpaired) electrons. The standard InChI is InChI=1S/C18H23ClN2O3/c1-11(2)23-15-7-5-6-14(10-15)12(3)20-17(22)9-8-16-13(4)21-24-18(16)19/h5-7,10-12H,8-9H2,1-4H3,(H,20,22). The summed E-state index contributed by atoms with van der Waals surface area (Å²) in [6.07, 6.45) is 0.944. The molecule has 130 valence electrons. The number of nitrogens with one attached hydrogen (secondary N) is 1. The molecule has 1 atom stereocenters. The van der Waals surface area contributed by atoms with Crippen molar-refractivity contribution in [2.24, 2.45) is 0 Å². The Hall–Kier alpha value is -2.01. The molecular formula is C18H23ClN2O3. The zero-order valence-corrected chi connectivity index (χ0v) is 15.2. The number of carbonyl (C=O) groups is 1. The van der Waals surface area contributed by atoms with Gasteiger partial charge in [-0.2, -0.15) is 0 Å². The second kappa shape index (κ2) is 8.20. The highest BCUT2D eigenvalue weighted by Gasteiger charge is 2.15. The Labute approximate surface area is 147 Å². The molecule has 1 amide bonds. The maximum atomic E-state index is 12.2. The van der Waals surface area contributed by atoms with Crippen molar-refractivity contribution >= 4 is 17.5 Å². The topological polar surface area (TPSA) is 64.4 Å². The summed E-state index contributed by atoms with van der Waals surface area (Å²) in [7, 11) is 0. The number of amides is 1. The van der Waals surface area contributed by atoms with Crippen molar-refractivity contribution in [3.8, 4) is 5.75 Å². The second-order valence-corrected chi connectivity index (χ2v) is 6.39.